The summed E-state index contributed by atoms with van der Waals surface area (Å²) < 4.78 is 0. The first-order valence-corrected chi connectivity index (χ1v) is 8.38. The third-order valence-corrected chi connectivity index (χ3v) is 5.19. The Morgan fingerprint density at radius 1 is 1.17 bits per heavy atom. The van der Waals surface area contributed by atoms with E-state index in [1.165, 1.54) is 16.3 Å². The first kappa shape index (κ1) is 14.7. The summed E-state index contributed by atoms with van der Waals surface area (Å²) in [4.78, 5) is 12.4. The Morgan fingerprint density at radius 3 is 2.83 bits per heavy atom. The Kier molecular flexibility index (Phi) is 3.79. The largest absolute Gasteiger partial charge is 0.391 e. The third-order valence-electron chi connectivity index (χ3n) is 5.19. The maximum Gasteiger partial charge on any atom is 0.223 e. The fourth-order valence-electron chi connectivity index (χ4n) is 3.69. The van der Waals surface area contributed by atoms with Crippen LogP contribution in [0.15, 0.2) is 42.5 Å². The summed E-state index contributed by atoms with van der Waals surface area (Å²) in [5, 5.41) is 18.4. The van der Waals surface area contributed by atoms with Gasteiger partial charge in [-0.05, 0) is 28.7 Å². The van der Waals surface area contributed by atoms with Crippen LogP contribution < -0.4 is 10.6 Å². The molecule has 0 bridgehead atoms. The number of carbonyl (C=O) groups excluding carboxylic acids is 1. The average molecular weight is 310 g/mol. The lowest BCUT2D eigenvalue weighted by Crippen LogP contribution is -2.35. The lowest BCUT2D eigenvalue weighted by atomic mass is 10.00. The summed E-state index contributed by atoms with van der Waals surface area (Å²) in [6, 6.07) is 14.7. The maximum atomic E-state index is 12.4. The summed E-state index contributed by atoms with van der Waals surface area (Å²) in [5.74, 6) is 0.663. The summed E-state index contributed by atoms with van der Waals surface area (Å²) in [5.41, 5.74) is 1.28. The minimum Gasteiger partial charge on any atom is -0.391 e. The van der Waals surface area contributed by atoms with Gasteiger partial charge >= 0.3 is 0 Å². The lowest BCUT2D eigenvalue weighted by Gasteiger charge is -2.14. The summed E-state index contributed by atoms with van der Waals surface area (Å²) >= 11 is 0. The van der Waals surface area contributed by atoms with Crippen LogP contribution in [0.2, 0.25) is 0 Å². The molecule has 23 heavy (non-hydrogen) atoms. The molecule has 1 aliphatic carbocycles. The van der Waals surface area contributed by atoms with Crippen molar-refractivity contribution in [2.75, 3.05) is 19.6 Å². The standard InChI is InChI=1S/C19H22N2O2/c22-18-11-20-9-13(18)10-21-19(23)17-8-16(17)15-7-3-5-12-4-1-2-6-14(12)15/h1-7,13,16-18,20,22H,8-11H2,(H,21,23). The molecule has 2 fully saturated rings. The maximum absolute atomic E-state index is 12.4. The molecule has 2 aromatic rings. The Bertz CT molecular complexity index is 725. The van der Waals surface area contributed by atoms with Crippen LogP contribution in [0.25, 0.3) is 10.8 Å². The van der Waals surface area contributed by atoms with Crippen molar-refractivity contribution < 1.29 is 9.90 Å². The Balaban J connectivity index is 1.42. The van der Waals surface area contributed by atoms with Gasteiger partial charge in [-0.2, -0.15) is 0 Å². The van der Waals surface area contributed by atoms with E-state index in [9.17, 15) is 9.90 Å². The molecular formula is C19H22N2O2. The lowest BCUT2D eigenvalue weighted by molar-refractivity contribution is -0.122. The minimum atomic E-state index is -0.344. The van der Waals surface area contributed by atoms with E-state index in [2.05, 4.69) is 47.0 Å². The van der Waals surface area contributed by atoms with E-state index in [0.29, 0.717) is 19.0 Å². The molecular weight excluding hydrogens is 288 g/mol. The second-order valence-corrected chi connectivity index (χ2v) is 6.75. The number of benzene rings is 2. The van der Waals surface area contributed by atoms with Crippen LogP contribution in [-0.2, 0) is 4.79 Å². The molecule has 4 nitrogen and oxygen atoms in total. The topological polar surface area (TPSA) is 61.4 Å². The molecule has 2 aliphatic rings. The van der Waals surface area contributed by atoms with E-state index in [0.717, 1.165) is 13.0 Å². The zero-order valence-corrected chi connectivity index (χ0v) is 13.0. The van der Waals surface area contributed by atoms with Gasteiger partial charge in [-0.1, -0.05) is 42.5 Å². The first-order chi connectivity index (χ1) is 11.2. The zero-order chi connectivity index (χ0) is 15.8. The SMILES string of the molecule is O=C(NCC1CNCC1O)C1CC1c1cccc2ccccc12. The van der Waals surface area contributed by atoms with Crippen LogP contribution in [-0.4, -0.2) is 36.8 Å². The van der Waals surface area contributed by atoms with E-state index in [4.69, 9.17) is 0 Å². The molecule has 0 aromatic heterocycles. The van der Waals surface area contributed by atoms with E-state index < -0.39 is 0 Å². The van der Waals surface area contributed by atoms with Crippen LogP contribution in [0.1, 0.15) is 17.9 Å². The van der Waals surface area contributed by atoms with Crippen molar-refractivity contribution in [2.24, 2.45) is 11.8 Å². The molecule has 4 rings (SSSR count). The smallest absolute Gasteiger partial charge is 0.223 e. The van der Waals surface area contributed by atoms with Gasteiger partial charge in [-0.3, -0.25) is 4.79 Å². The predicted octanol–water partition coefficient (Wildman–Crippen LogP) is 1.64. The van der Waals surface area contributed by atoms with Crippen molar-refractivity contribution in [1.82, 2.24) is 10.6 Å². The molecule has 1 aliphatic heterocycles. The molecule has 0 spiro atoms. The van der Waals surface area contributed by atoms with Gasteiger partial charge in [0.05, 0.1) is 6.10 Å². The number of amides is 1. The zero-order valence-electron chi connectivity index (χ0n) is 13.0. The molecule has 120 valence electrons. The van der Waals surface area contributed by atoms with E-state index in [-0.39, 0.29) is 23.8 Å². The fourth-order valence-corrected chi connectivity index (χ4v) is 3.69. The molecule has 2 aromatic carbocycles. The van der Waals surface area contributed by atoms with Gasteiger partial charge in [0.2, 0.25) is 5.91 Å². The van der Waals surface area contributed by atoms with Gasteiger partial charge in [-0.15, -0.1) is 0 Å². The summed E-state index contributed by atoms with van der Waals surface area (Å²) in [6.07, 6.45) is 0.578. The molecule has 3 N–H and O–H groups in total. The normalized spacial score (nSPS) is 29.6. The monoisotopic (exact) mass is 310 g/mol. The third kappa shape index (κ3) is 2.84. The van der Waals surface area contributed by atoms with Crippen molar-refractivity contribution in [3.05, 3.63) is 48.0 Å². The number of nitrogens with one attached hydrogen (secondary N) is 2. The Morgan fingerprint density at radius 2 is 2.00 bits per heavy atom. The van der Waals surface area contributed by atoms with Crippen molar-refractivity contribution in [1.29, 1.82) is 0 Å². The molecule has 1 saturated carbocycles. The number of rotatable bonds is 4. The molecule has 4 atom stereocenters. The van der Waals surface area contributed by atoms with Gasteiger partial charge in [-0.25, -0.2) is 0 Å². The van der Waals surface area contributed by atoms with Crippen LogP contribution >= 0.6 is 0 Å². The van der Waals surface area contributed by atoms with Gasteiger partial charge < -0.3 is 15.7 Å². The van der Waals surface area contributed by atoms with Crippen molar-refractivity contribution >= 4 is 16.7 Å². The second kappa shape index (κ2) is 5.95. The van der Waals surface area contributed by atoms with Gasteiger partial charge in [0.1, 0.15) is 0 Å². The highest BCUT2D eigenvalue weighted by molar-refractivity contribution is 5.89. The van der Waals surface area contributed by atoms with Gasteiger partial charge in [0.15, 0.2) is 0 Å². The number of hydrogen-bond acceptors (Lipinski definition) is 3. The number of β-amino-alcohol motifs (C(OH)–C–C–N with tert-alkyl or cyclic N) is 1. The first-order valence-electron chi connectivity index (χ1n) is 8.38. The van der Waals surface area contributed by atoms with Crippen LogP contribution in [0.3, 0.4) is 0 Å². The highest BCUT2D eigenvalue weighted by atomic mass is 16.3. The molecule has 1 heterocycles. The predicted molar refractivity (Wildman–Crippen MR) is 90.2 cm³/mol. The molecule has 0 radical (unpaired) electrons. The number of aliphatic hydroxyl groups excluding tert-OH is 1. The quantitative estimate of drug-likeness (QED) is 0.804. The molecule has 1 saturated heterocycles. The Hall–Kier alpha value is -1.91. The van der Waals surface area contributed by atoms with Crippen LogP contribution in [0.4, 0.5) is 0 Å². The van der Waals surface area contributed by atoms with Crippen molar-refractivity contribution in [3.8, 4) is 0 Å². The number of hydrogen-bond donors (Lipinski definition) is 3. The van der Waals surface area contributed by atoms with Gasteiger partial charge in [0.25, 0.3) is 0 Å². The van der Waals surface area contributed by atoms with E-state index in [1.54, 1.807) is 0 Å². The van der Waals surface area contributed by atoms with Crippen molar-refractivity contribution in [3.63, 3.8) is 0 Å². The minimum absolute atomic E-state index is 0.0762. The highest BCUT2D eigenvalue weighted by Crippen LogP contribution is 2.49. The number of carbonyl (C=O) groups is 1. The average Bonchev–Trinajstić information content (AvgIpc) is 3.28. The fraction of sp³-hybridized carbons (Fsp3) is 0.421. The Labute approximate surface area is 135 Å². The van der Waals surface area contributed by atoms with Gasteiger partial charge in [0, 0.05) is 31.5 Å². The molecule has 4 heteroatoms. The van der Waals surface area contributed by atoms with E-state index >= 15 is 0 Å². The van der Waals surface area contributed by atoms with Crippen LogP contribution in [0.5, 0.6) is 0 Å². The van der Waals surface area contributed by atoms with E-state index in [1.807, 2.05) is 6.07 Å². The summed E-state index contributed by atoms with van der Waals surface area (Å²) in [7, 11) is 0. The number of fused-ring (bicyclic) bond motifs is 1. The van der Waals surface area contributed by atoms with Crippen LogP contribution in [0, 0.1) is 11.8 Å². The number of aliphatic hydroxyl groups is 1. The molecule has 1 amide bonds. The highest BCUT2D eigenvalue weighted by Gasteiger charge is 2.44. The van der Waals surface area contributed by atoms with Crippen molar-refractivity contribution in [2.45, 2.75) is 18.4 Å². The second-order valence-electron chi connectivity index (χ2n) is 6.75. The summed E-state index contributed by atoms with van der Waals surface area (Å²) in [6.45, 7) is 1.97. The molecule has 4 unspecified atom stereocenters.